The fourth-order valence-corrected chi connectivity index (χ4v) is 1.13. The molecule has 80 valence electrons. The average Bonchev–Trinajstić information content (AvgIpc) is 2.15. The van der Waals surface area contributed by atoms with Gasteiger partial charge in [-0.05, 0) is 24.6 Å². The van der Waals surface area contributed by atoms with Crippen LogP contribution in [-0.2, 0) is 4.79 Å². The van der Waals surface area contributed by atoms with E-state index in [0.29, 0.717) is 5.57 Å². The lowest BCUT2D eigenvalue weighted by Crippen LogP contribution is -2.30. The molecule has 1 rings (SSSR count). The molecule has 0 spiro atoms. The van der Waals surface area contributed by atoms with Gasteiger partial charge in [0.05, 0.1) is 5.69 Å². The number of halogens is 1. The second-order valence-corrected chi connectivity index (χ2v) is 3.24. The number of carbonyl (C=O) groups is 1. The van der Waals surface area contributed by atoms with Crippen LogP contribution < -0.4 is 5.32 Å². The Bertz CT molecular complexity index is 376. The molecule has 0 aromatic heterocycles. The van der Waals surface area contributed by atoms with E-state index in [0.717, 1.165) is 0 Å². The molecule has 2 N–H and O–H groups in total. The van der Waals surface area contributed by atoms with Gasteiger partial charge in [0, 0.05) is 0 Å². The largest absolute Gasteiger partial charge is 0.479 e. The molecule has 1 aromatic carbocycles. The van der Waals surface area contributed by atoms with E-state index in [1.165, 1.54) is 18.2 Å². The van der Waals surface area contributed by atoms with E-state index in [9.17, 15) is 9.18 Å². The lowest BCUT2D eigenvalue weighted by Gasteiger charge is -2.15. The van der Waals surface area contributed by atoms with Crippen molar-refractivity contribution < 1.29 is 14.3 Å². The first kappa shape index (κ1) is 11.2. The lowest BCUT2D eigenvalue weighted by molar-refractivity contribution is -0.137. The van der Waals surface area contributed by atoms with Crippen LogP contribution in [0.4, 0.5) is 10.1 Å². The molecule has 0 aliphatic carbocycles. The first-order valence-corrected chi connectivity index (χ1v) is 4.41. The Morgan fingerprint density at radius 3 is 2.60 bits per heavy atom. The average molecular weight is 209 g/mol. The number of rotatable bonds is 4. The third kappa shape index (κ3) is 2.80. The van der Waals surface area contributed by atoms with Crippen LogP contribution in [-0.4, -0.2) is 17.1 Å². The zero-order valence-corrected chi connectivity index (χ0v) is 8.33. The minimum atomic E-state index is -1.08. The molecule has 1 atom stereocenters. The highest BCUT2D eigenvalue weighted by molar-refractivity contribution is 5.81. The van der Waals surface area contributed by atoms with Gasteiger partial charge in [0.1, 0.15) is 11.9 Å². The molecule has 0 amide bonds. The van der Waals surface area contributed by atoms with Gasteiger partial charge in [0.25, 0.3) is 0 Å². The van der Waals surface area contributed by atoms with Gasteiger partial charge >= 0.3 is 5.97 Å². The molecule has 1 unspecified atom stereocenters. The highest BCUT2D eigenvalue weighted by Crippen LogP contribution is 2.15. The third-order valence-corrected chi connectivity index (χ3v) is 1.91. The smallest absolute Gasteiger partial charge is 0.330 e. The second kappa shape index (κ2) is 4.59. The predicted molar refractivity (Wildman–Crippen MR) is 56.3 cm³/mol. The minimum absolute atomic E-state index is 0.160. The number of benzene rings is 1. The van der Waals surface area contributed by atoms with Crippen LogP contribution in [0.1, 0.15) is 6.92 Å². The molecule has 0 bridgehead atoms. The van der Waals surface area contributed by atoms with E-state index in [4.69, 9.17) is 5.11 Å². The van der Waals surface area contributed by atoms with Crippen molar-refractivity contribution in [1.29, 1.82) is 0 Å². The fraction of sp³-hybridized carbons (Fsp3) is 0.182. The molecule has 0 saturated carbocycles. The number of carboxylic acid groups (broad SMARTS) is 1. The summed E-state index contributed by atoms with van der Waals surface area (Å²) in [6.07, 6.45) is 0. The maximum Gasteiger partial charge on any atom is 0.330 e. The molecule has 0 aliphatic rings. The standard InChI is InChI=1S/C11H12FNO2/c1-7(2)10(11(14)15)13-9-6-4-3-5-8(9)12/h3-6,10,13H,1H2,2H3,(H,14,15). The molecular formula is C11H12FNO2. The Kier molecular flexibility index (Phi) is 3.44. The van der Waals surface area contributed by atoms with Crippen LogP contribution in [0, 0.1) is 5.82 Å². The van der Waals surface area contributed by atoms with E-state index in [1.54, 1.807) is 13.0 Å². The second-order valence-electron chi connectivity index (χ2n) is 3.24. The first-order chi connectivity index (χ1) is 7.02. The van der Waals surface area contributed by atoms with Gasteiger partial charge in [-0.1, -0.05) is 18.7 Å². The summed E-state index contributed by atoms with van der Waals surface area (Å²) in [4.78, 5) is 10.8. The van der Waals surface area contributed by atoms with Gasteiger partial charge in [0.2, 0.25) is 0 Å². The fourth-order valence-electron chi connectivity index (χ4n) is 1.13. The Morgan fingerprint density at radius 2 is 2.13 bits per heavy atom. The molecule has 0 radical (unpaired) electrons. The van der Waals surface area contributed by atoms with Crippen molar-refractivity contribution in [3.8, 4) is 0 Å². The van der Waals surface area contributed by atoms with Gasteiger partial charge < -0.3 is 10.4 Å². The number of anilines is 1. The van der Waals surface area contributed by atoms with Crippen molar-refractivity contribution >= 4 is 11.7 Å². The number of para-hydroxylation sites is 1. The molecule has 15 heavy (non-hydrogen) atoms. The van der Waals surface area contributed by atoms with Crippen LogP contribution in [0.3, 0.4) is 0 Å². The van der Waals surface area contributed by atoms with Gasteiger partial charge in [-0.2, -0.15) is 0 Å². The predicted octanol–water partition coefficient (Wildman–Crippen LogP) is 2.27. The number of hydrogen-bond donors (Lipinski definition) is 2. The molecule has 1 aromatic rings. The van der Waals surface area contributed by atoms with E-state index < -0.39 is 17.8 Å². The van der Waals surface area contributed by atoms with Gasteiger partial charge in [-0.3, -0.25) is 0 Å². The quantitative estimate of drug-likeness (QED) is 0.748. The summed E-state index contributed by atoms with van der Waals surface area (Å²) in [6, 6.07) is 4.94. The Morgan fingerprint density at radius 1 is 1.53 bits per heavy atom. The number of hydrogen-bond acceptors (Lipinski definition) is 2. The summed E-state index contributed by atoms with van der Waals surface area (Å²) in [5.74, 6) is -1.56. The van der Waals surface area contributed by atoms with Gasteiger partial charge in [-0.15, -0.1) is 0 Å². The normalized spacial score (nSPS) is 11.9. The highest BCUT2D eigenvalue weighted by Gasteiger charge is 2.18. The summed E-state index contributed by atoms with van der Waals surface area (Å²) < 4.78 is 13.2. The molecular weight excluding hydrogens is 197 g/mol. The molecule has 4 heteroatoms. The van der Waals surface area contributed by atoms with E-state index in [-0.39, 0.29) is 5.69 Å². The van der Waals surface area contributed by atoms with Crippen molar-refractivity contribution in [2.24, 2.45) is 0 Å². The zero-order chi connectivity index (χ0) is 11.4. The summed E-state index contributed by atoms with van der Waals surface area (Å²) in [6.45, 7) is 5.11. The zero-order valence-electron chi connectivity index (χ0n) is 8.33. The Hall–Kier alpha value is -1.84. The number of aliphatic carboxylic acids is 1. The van der Waals surface area contributed by atoms with Gasteiger partial charge in [0.15, 0.2) is 0 Å². The molecule has 0 aliphatic heterocycles. The number of carboxylic acids is 1. The van der Waals surface area contributed by atoms with Crippen molar-refractivity contribution in [1.82, 2.24) is 0 Å². The van der Waals surface area contributed by atoms with Crippen molar-refractivity contribution in [3.05, 3.63) is 42.2 Å². The summed E-state index contributed by atoms with van der Waals surface area (Å²) in [5, 5.41) is 11.4. The Labute approximate surface area is 87.2 Å². The topological polar surface area (TPSA) is 49.3 Å². The van der Waals surface area contributed by atoms with Gasteiger partial charge in [-0.25, -0.2) is 9.18 Å². The van der Waals surface area contributed by atoms with Crippen LogP contribution >= 0.6 is 0 Å². The van der Waals surface area contributed by atoms with Crippen molar-refractivity contribution in [3.63, 3.8) is 0 Å². The monoisotopic (exact) mass is 209 g/mol. The van der Waals surface area contributed by atoms with Crippen molar-refractivity contribution in [2.75, 3.05) is 5.32 Å². The van der Waals surface area contributed by atoms with Crippen LogP contribution in [0.5, 0.6) is 0 Å². The van der Waals surface area contributed by atoms with Crippen molar-refractivity contribution in [2.45, 2.75) is 13.0 Å². The summed E-state index contributed by atoms with van der Waals surface area (Å²) in [5.41, 5.74) is 0.582. The first-order valence-electron chi connectivity index (χ1n) is 4.41. The van der Waals surface area contributed by atoms with E-state index >= 15 is 0 Å². The summed E-state index contributed by atoms with van der Waals surface area (Å²) in [7, 11) is 0. The minimum Gasteiger partial charge on any atom is -0.479 e. The maximum absolute atomic E-state index is 13.2. The summed E-state index contributed by atoms with van der Waals surface area (Å²) >= 11 is 0. The van der Waals surface area contributed by atoms with Crippen LogP contribution in [0.2, 0.25) is 0 Å². The molecule has 0 saturated heterocycles. The molecule has 3 nitrogen and oxygen atoms in total. The van der Waals surface area contributed by atoms with E-state index in [1.807, 2.05) is 0 Å². The number of nitrogens with one attached hydrogen (secondary N) is 1. The highest BCUT2D eigenvalue weighted by atomic mass is 19.1. The van der Waals surface area contributed by atoms with Crippen LogP contribution in [0.15, 0.2) is 36.4 Å². The molecule has 0 heterocycles. The molecule has 0 fully saturated rings. The SMILES string of the molecule is C=C(C)C(Nc1ccccc1F)C(=O)O. The van der Waals surface area contributed by atoms with E-state index in [2.05, 4.69) is 11.9 Å². The Balaban J connectivity index is 2.88. The third-order valence-electron chi connectivity index (χ3n) is 1.91. The lowest BCUT2D eigenvalue weighted by atomic mass is 10.1. The maximum atomic E-state index is 13.2. The van der Waals surface area contributed by atoms with Crippen LogP contribution in [0.25, 0.3) is 0 Å².